The van der Waals surface area contributed by atoms with Crippen LogP contribution in [0.5, 0.6) is 11.5 Å². The highest BCUT2D eigenvalue weighted by molar-refractivity contribution is 6.30. The highest BCUT2D eigenvalue weighted by Crippen LogP contribution is 2.44. The second-order valence-electron chi connectivity index (χ2n) is 11.3. The lowest BCUT2D eigenvalue weighted by Crippen LogP contribution is -2.41. The quantitative estimate of drug-likeness (QED) is 0.343. The first-order valence-corrected chi connectivity index (χ1v) is 14.5. The molecule has 4 atom stereocenters. The number of hydrogen-bond acceptors (Lipinski definition) is 5. The molecule has 2 aliphatic heterocycles. The minimum atomic E-state index is -0.715. The average molecular weight is 577 g/mol. The third kappa shape index (κ3) is 6.07. The van der Waals surface area contributed by atoms with Crippen LogP contribution in [-0.4, -0.2) is 36.7 Å². The number of aliphatic hydroxyl groups excluding tert-OH is 1. The second kappa shape index (κ2) is 12.1. The van der Waals surface area contributed by atoms with Crippen molar-refractivity contribution in [1.29, 1.82) is 0 Å². The van der Waals surface area contributed by atoms with Crippen molar-refractivity contribution in [1.82, 2.24) is 5.32 Å². The first-order valence-electron chi connectivity index (χ1n) is 14.2. The van der Waals surface area contributed by atoms with E-state index in [9.17, 15) is 14.7 Å². The fourth-order valence-corrected chi connectivity index (χ4v) is 6.11. The monoisotopic (exact) mass is 576 g/mol. The zero-order chi connectivity index (χ0) is 29.3. The van der Waals surface area contributed by atoms with Crippen molar-refractivity contribution in [3.8, 4) is 11.5 Å². The van der Waals surface area contributed by atoms with Gasteiger partial charge in [-0.3, -0.25) is 9.59 Å². The summed E-state index contributed by atoms with van der Waals surface area (Å²) in [5, 5.41) is 14.6. The van der Waals surface area contributed by atoms with Gasteiger partial charge >= 0.3 is 0 Å². The molecule has 216 valence electrons. The van der Waals surface area contributed by atoms with Gasteiger partial charge in [0.1, 0.15) is 0 Å². The number of fused-ring (bicyclic) bond motifs is 1. The van der Waals surface area contributed by atoms with E-state index in [1.54, 1.807) is 7.11 Å². The Morgan fingerprint density at radius 3 is 2.34 bits per heavy atom. The summed E-state index contributed by atoms with van der Waals surface area (Å²) < 4.78 is 11.7. The van der Waals surface area contributed by atoms with E-state index in [1.165, 1.54) is 0 Å². The number of ether oxygens (including phenoxy) is 2. The molecule has 2 amide bonds. The molecule has 41 heavy (non-hydrogen) atoms. The molecule has 0 aromatic heterocycles. The number of nitrogens with one attached hydrogen (secondary N) is 1. The maximum Gasteiger partial charge on any atom is 0.232 e. The van der Waals surface area contributed by atoms with E-state index in [2.05, 4.69) is 5.32 Å². The number of benzene rings is 3. The lowest BCUT2D eigenvalue weighted by Gasteiger charge is -2.38. The number of amides is 2. The van der Waals surface area contributed by atoms with Crippen molar-refractivity contribution in [2.75, 3.05) is 18.6 Å². The Balaban J connectivity index is 1.52. The van der Waals surface area contributed by atoms with Gasteiger partial charge in [0.2, 0.25) is 11.8 Å². The highest BCUT2D eigenvalue weighted by Gasteiger charge is 2.36. The number of hydrogen-bond donors (Lipinski definition) is 2. The molecule has 8 heteroatoms. The Morgan fingerprint density at radius 2 is 1.71 bits per heavy atom. The number of methoxy groups -OCH3 is 1. The van der Waals surface area contributed by atoms with Gasteiger partial charge in [-0.05, 0) is 90.8 Å². The highest BCUT2D eigenvalue weighted by atomic mass is 35.5. The molecule has 3 aromatic carbocycles. The first-order chi connectivity index (χ1) is 19.7. The SMILES string of the molecule is COc1cc2c(cc1OC(C)C)C(c1ccc(Cl)cc1)N(c1ccc(C(O)C(C)C3CCNC(=O)C3)cc1)C(=O)C2. The molecule has 3 aromatic rings. The van der Waals surface area contributed by atoms with Gasteiger partial charge in [0.15, 0.2) is 11.5 Å². The van der Waals surface area contributed by atoms with Crippen molar-refractivity contribution < 1.29 is 24.2 Å². The van der Waals surface area contributed by atoms with Crippen molar-refractivity contribution in [2.24, 2.45) is 11.8 Å². The van der Waals surface area contributed by atoms with Crippen molar-refractivity contribution in [3.63, 3.8) is 0 Å². The Hall–Kier alpha value is -3.55. The third-order valence-electron chi connectivity index (χ3n) is 8.18. The summed E-state index contributed by atoms with van der Waals surface area (Å²) in [6, 6.07) is 18.5. The molecule has 2 N–H and O–H groups in total. The number of rotatable bonds is 8. The van der Waals surface area contributed by atoms with E-state index < -0.39 is 12.1 Å². The van der Waals surface area contributed by atoms with Gasteiger partial charge in [-0.1, -0.05) is 42.8 Å². The van der Waals surface area contributed by atoms with Gasteiger partial charge in [-0.15, -0.1) is 0 Å². The average Bonchev–Trinajstić information content (AvgIpc) is 2.96. The molecule has 0 aliphatic carbocycles. The van der Waals surface area contributed by atoms with E-state index in [4.69, 9.17) is 21.1 Å². The van der Waals surface area contributed by atoms with Crippen molar-refractivity contribution in [3.05, 3.63) is 87.9 Å². The van der Waals surface area contributed by atoms with Gasteiger partial charge in [0, 0.05) is 23.7 Å². The number of halogens is 1. The number of carbonyl (C=O) groups is 2. The van der Waals surface area contributed by atoms with E-state index >= 15 is 0 Å². The Bertz CT molecular complexity index is 1410. The number of anilines is 1. The van der Waals surface area contributed by atoms with Crippen LogP contribution in [0.15, 0.2) is 60.7 Å². The minimum absolute atomic E-state index is 0.0346. The van der Waals surface area contributed by atoms with Gasteiger partial charge < -0.3 is 24.8 Å². The van der Waals surface area contributed by atoms with Crippen LogP contribution in [0, 0.1) is 11.8 Å². The molecular formula is C33H37ClN2O5. The summed E-state index contributed by atoms with van der Waals surface area (Å²) in [4.78, 5) is 27.5. The lowest BCUT2D eigenvalue weighted by molar-refractivity contribution is -0.124. The largest absolute Gasteiger partial charge is 0.493 e. The second-order valence-corrected chi connectivity index (χ2v) is 11.7. The fraction of sp³-hybridized carbons (Fsp3) is 0.394. The molecule has 0 bridgehead atoms. The summed E-state index contributed by atoms with van der Waals surface area (Å²) in [5.74, 6) is 1.24. The maximum absolute atomic E-state index is 13.8. The molecule has 2 heterocycles. The molecule has 2 aliphatic rings. The molecule has 5 rings (SSSR count). The molecule has 0 spiro atoms. The first kappa shape index (κ1) is 29.0. The van der Waals surface area contributed by atoms with Crippen LogP contribution in [-0.2, 0) is 16.0 Å². The van der Waals surface area contributed by atoms with E-state index in [0.717, 1.165) is 34.4 Å². The summed E-state index contributed by atoms with van der Waals surface area (Å²) in [6.07, 6.45) is 0.714. The number of aliphatic hydroxyl groups is 1. The van der Waals surface area contributed by atoms with Crippen molar-refractivity contribution >= 4 is 29.1 Å². The smallest absolute Gasteiger partial charge is 0.232 e. The maximum atomic E-state index is 13.8. The predicted octanol–water partition coefficient (Wildman–Crippen LogP) is 6.01. The van der Waals surface area contributed by atoms with Gasteiger partial charge in [-0.2, -0.15) is 0 Å². The summed E-state index contributed by atoms with van der Waals surface area (Å²) in [7, 11) is 1.60. The number of nitrogens with zero attached hydrogens (tertiary/aromatic N) is 1. The molecule has 1 saturated heterocycles. The number of carbonyl (C=O) groups excluding carboxylic acids is 2. The van der Waals surface area contributed by atoms with E-state index in [1.807, 2.05) is 86.3 Å². The van der Waals surface area contributed by atoms with Crippen molar-refractivity contribution in [2.45, 2.75) is 58.3 Å². The van der Waals surface area contributed by atoms with Crippen LogP contribution >= 0.6 is 11.6 Å². The minimum Gasteiger partial charge on any atom is -0.493 e. The third-order valence-corrected chi connectivity index (χ3v) is 8.43. The van der Waals surface area contributed by atoms with Crippen LogP contribution in [0.2, 0.25) is 5.02 Å². The normalized spacial score (nSPS) is 20.3. The Kier molecular flexibility index (Phi) is 8.57. The van der Waals surface area contributed by atoms with Crippen LogP contribution in [0.4, 0.5) is 5.69 Å². The lowest BCUT2D eigenvalue weighted by atomic mass is 9.80. The van der Waals surface area contributed by atoms with Gasteiger partial charge in [0.25, 0.3) is 0 Å². The van der Waals surface area contributed by atoms with Crippen LogP contribution in [0.3, 0.4) is 0 Å². The molecule has 1 fully saturated rings. The molecule has 0 saturated carbocycles. The van der Waals surface area contributed by atoms with Crippen LogP contribution in [0.25, 0.3) is 0 Å². The number of piperidine rings is 1. The van der Waals surface area contributed by atoms with Crippen LogP contribution in [0.1, 0.15) is 68.0 Å². The summed E-state index contributed by atoms with van der Waals surface area (Å²) in [5.41, 5.74) is 4.24. The van der Waals surface area contributed by atoms with E-state index in [0.29, 0.717) is 29.5 Å². The topological polar surface area (TPSA) is 88.1 Å². The Morgan fingerprint density at radius 1 is 1.00 bits per heavy atom. The predicted molar refractivity (Wildman–Crippen MR) is 160 cm³/mol. The zero-order valence-electron chi connectivity index (χ0n) is 23.9. The fourth-order valence-electron chi connectivity index (χ4n) is 5.98. The van der Waals surface area contributed by atoms with Crippen LogP contribution < -0.4 is 19.7 Å². The zero-order valence-corrected chi connectivity index (χ0v) is 24.6. The summed E-state index contributed by atoms with van der Waals surface area (Å²) >= 11 is 6.23. The Labute approximate surface area is 246 Å². The van der Waals surface area contributed by atoms with E-state index in [-0.39, 0.29) is 36.2 Å². The molecule has 0 radical (unpaired) electrons. The van der Waals surface area contributed by atoms with Gasteiger partial charge in [-0.25, -0.2) is 0 Å². The molecular weight excluding hydrogens is 540 g/mol. The summed E-state index contributed by atoms with van der Waals surface area (Å²) in [6.45, 7) is 6.56. The molecule has 7 nitrogen and oxygen atoms in total. The molecule has 4 unspecified atom stereocenters. The standard InChI is InChI=1S/C33H37ClN2O5/c1-19(2)41-29-18-27-24(15-28(29)40-4)17-31(38)36(32(27)21-5-9-25(34)10-6-21)26-11-7-22(8-12-26)33(39)20(3)23-13-14-35-30(37)16-23/h5-12,15,18-20,23,32-33,39H,13-14,16-17H2,1-4H3,(H,35,37). The van der Waals surface area contributed by atoms with Gasteiger partial charge in [0.05, 0.1) is 31.8 Å².